The lowest BCUT2D eigenvalue weighted by atomic mass is 9.80. The first-order chi connectivity index (χ1) is 14.6. The fourth-order valence-corrected chi connectivity index (χ4v) is 3.52. The highest BCUT2D eigenvalue weighted by Crippen LogP contribution is 2.37. The number of imidazole rings is 1. The molecule has 0 aliphatic carbocycles. The molecule has 4 rings (SSSR count). The molecule has 0 atom stereocenters. The van der Waals surface area contributed by atoms with Gasteiger partial charge < -0.3 is 13.5 Å². The predicted octanol–water partition coefficient (Wildman–Crippen LogP) is 2.47. The molecule has 4 heterocycles. The van der Waals surface area contributed by atoms with Crippen LogP contribution in [-0.2, 0) is 13.5 Å². The quantitative estimate of drug-likeness (QED) is 0.326. The van der Waals surface area contributed by atoms with E-state index in [0.29, 0.717) is 29.3 Å². The van der Waals surface area contributed by atoms with Crippen molar-refractivity contribution < 1.29 is 17.7 Å². The fourth-order valence-electron chi connectivity index (χ4n) is 3.18. The van der Waals surface area contributed by atoms with Gasteiger partial charge in [0.25, 0.3) is 0 Å². The average Bonchev–Trinajstić information content (AvgIpc) is 3.18. The summed E-state index contributed by atoms with van der Waals surface area (Å²) in [6.45, 7) is 12.1. The van der Waals surface area contributed by atoms with Gasteiger partial charge in [-0.05, 0) is 53.7 Å². The average molecular weight is 444 g/mol. The van der Waals surface area contributed by atoms with Crippen molar-refractivity contribution in [2.45, 2.75) is 52.7 Å². The van der Waals surface area contributed by atoms with Crippen LogP contribution >= 0.6 is 12.3 Å². The Hall–Kier alpha value is -2.34. The van der Waals surface area contributed by atoms with E-state index >= 15 is 0 Å². The lowest BCUT2D eigenvalue weighted by molar-refractivity contribution is 0.00578. The highest BCUT2D eigenvalue weighted by molar-refractivity contribution is 7.90. The molecule has 1 aliphatic heterocycles. The van der Waals surface area contributed by atoms with Crippen molar-refractivity contribution in [1.29, 1.82) is 0 Å². The molecule has 0 aromatic carbocycles. The van der Waals surface area contributed by atoms with Crippen molar-refractivity contribution in [2.75, 3.05) is 6.61 Å². The van der Waals surface area contributed by atoms with Crippen molar-refractivity contribution >= 4 is 30.6 Å². The number of hydrogen-bond donors (Lipinski definition) is 0. The van der Waals surface area contributed by atoms with E-state index in [1.54, 1.807) is 30.7 Å². The van der Waals surface area contributed by atoms with E-state index in [1.165, 1.54) is 8.97 Å². The molecule has 3 aromatic heterocycles. The van der Waals surface area contributed by atoms with Crippen LogP contribution in [0.4, 0.5) is 0 Å². The van der Waals surface area contributed by atoms with Crippen LogP contribution in [0.2, 0.25) is 0 Å². The standard InChI is InChI=1S/C20H25BN4O5S/c1-7-27-31-28-15-10-14(21-29-19(3,4)20(5,6)30-21)11-22-17(15)24-9-8-16-23-13(2)12-25(16)18(24)26/h8-12H,7H2,1-6H3. The zero-order valence-corrected chi connectivity index (χ0v) is 19.2. The van der Waals surface area contributed by atoms with Gasteiger partial charge >= 0.3 is 12.8 Å². The molecule has 0 spiro atoms. The number of nitrogens with zero attached hydrogens (tertiary/aromatic N) is 4. The van der Waals surface area contributed by atoms with Crippen LogP contribution < -0.4 is 15.3 Å². The number of fused-ring (bicyclic) bond motifs is 1. The minimum atomic E-state index is -0.610. The normalized spacial score (nSPS) is 17.4. The van der Waals surface area contributed by atoms with Crippen molar-refractivity contribution in [2.24, 2.45) is 0 Å². The van der Waals surface area contributed by atoms with Crippen LogP contribution in [0.5, 0.6) is 5.75 Å². The molecule has 11 heteroatoms. The van der Waals surface area contributed by atoms with E-state index in [-0.39, 0.29) is 5.69 Å². The summed E-state index contributed by atoms with van der Waals surface area (Å²) in [6.07, 6.45) is 4.94. The van der Waals surface area contributed by atoms with E-state index in [9.17, 15) is 4.79 Å². The Morgan fingerprint density at radius 3 is 2.61 bits per heavy atom. The summed E-state index contributed by atoms with van der Waals surface area (Å²) in [5.74, 6) is 0.676. The zero-order valence-electron chi connectivity index (χ0n) is 18.4. The number of hydrogen-bond acceptors (Lipinski definition) is 8. The summed E-state index contributed by atoms with van der Waals surface area (Å²) in [5, 5.41) is 0. The van der Waals surface area contributed by atoms with Gasteiger partial charge in [-0.1, -0.05) is 0 Å². The highest BCUT2D eigenvalue weighted by atomic mass is 32.2. The number of rotatable bonds is 6. The van der Waals surface area contributed by atoms with Gasteiger partial charge in [0.15, 0.2) is 11.6 Å². The maximum atomic E-state index is 13.0. The maximum absolute atomic E-state index is 13.0. The van der Waals surface area contributed by atoms with Crippen molar-refractivity contribution in [3.63, 3.8) is 0 Å². The molecule has 9 nitrogen and oxygen atoms in total. The maximum Gasteiger partial charge on any atom is 0.496 e. The molecule has 1 aliphatic rings. The number of aryl methyl sites for hydroxylation is 1. The van der Waals surface area contributed by atoms with Crippen LogP contribution in [-0.4, -0.2) is 43.9 Å². The van der Waals surface area contributed by atoms with Gasteiger partial charge in [0.2, 0.25) is 12.3 Å². The summed E-state index contributed by atoms with van der Waals surface area (Å²) >= 11 is 0.823. The van der Waals surface area contributed by atoms with Crippen molar-refractivity contribution in [1.82, 2.24) is 18.9 Å². The minimum Gasteiger partial charge on any atom is -0.399 e. The summed E-state index contributed by atoms with van der Waals surface area (Å²) in [5.41, 5.74) is 0.723. The fraction of sp³-hybridized carbons (Fsp3) is 0.450. The van der Waals surface area contributed by atoms with Crippen LogP contribution in [0.3, 0.4) is 0 Å². The minimum absolute atomic E-state index is 0.305. The van der Waals surface area contributed by atoms with E-state index < -0.39 is 18.3 Å². The van der Waals surface area contributed by atoms with Crippen LogP contribution in [0, 0.1) is 6.92 Å². The smallest absolute Gasteiger partial charge is 0.399 e. The van der Waals surface area contributed by atoms with Gasteiger partial charge in [0, 0.05) is 24.1 Å². The van der Waals surface area contributed by atoms with E-state index in [4.69, 9.17) is 17.7 Å². The molecule has 1 saturated heterocycles. The second kappa shape index (κ2) is 7.97. The predicted molar refractivity (Wildman–Crippen MR) is 119 cm³/mol. The third-order valence-corrected chi connectivity index (χ3v) is 6.12. The van der Waals surface area contributed by atoms with Gasteiger partial charge in [0.05, 0.1) is 23.5 Å². The molecule has 164 valence electrons. The topological polar surface area (TPSA) is 89.1 Å². The van der Waals surface area contributed by atoms with E-state index in [0.717, 1.165) is 18.0 Å². The van der Waals surface area contributed by atoms with Crippen LogP contribution in [0.15, 0.2) is 35.5 Å². The third-order valence-electron chi connectivity index (χ3n) is 5.54. The largest absolute Gasteiger partial charge is 0.496 e. The summed E-state index contributed by atoms with van der Waals surface area (Å²) in [7, 11) is -0.610. The lowest BCUT2D eigenvalue weighted by Gasteiger charge is -2.32. The van der Waals surface area contributed by atoms with Gasteiger partial charge in [0.1, 0.15) is 5.65 Å². The van der Waals surface area contributed by atoms with Crippen molar-refractivity contribution in [3.05, 3.63) is 46.9 Å². The first-order valence-electron chi connectivity index (χ1n) is 10.0. The Kier molecular flexibility index (Phi) is 5.63. The summed E-state index contributed by atoms with van der Waals surface area (Å²) in [6, 6.07) is 3.50. The molecule has 0 radical (unpaired) electrons. The van der Waals surface area contributed by atoms with Gasteiger partial charge in [-0.3, -0.25) is 8.58 Å². The second-order valence-electron chi connectivity index (χ2n) is 8.32. The molecule has 1 fully saturated rings. The molecule has 0 amide bonds. The molecule has 0 saturated carbocycles. The summed E-state index contributed by atoms with van der Waals surface area (Å²) < 4.78 is 26.1. The lowest BCUT2D eigenvalue weighted by Crippen LogP contribution is -2.41. The van der Waals surface area contributed by atoms with Gasteiger partial charge in [-0.15, -0.1) is 0 Å². The van der Waals surface area contributed by atoms with Crippen LogP contribution in [0.25, 0.3) is 11.5 Å². The van der Waals surface area contributed by atoms with Gasteiger partial charge in [-0.2, -0.15) is 0 Å². The Bertz CT molecular complexity index is 1160. The molecule has 0 N–H and O–H groups in total. The first-order valence-corrected chi connectivity index (χ1v) is 10.7. The number of aromatic nitrogens is 4. The first kappa shape index (κ1) is 21.9. The molecule has 0 bridgehead atoms. The zero-order chi connectivity index (χ0) is 22.4. The third kappa shape index (κ3) is 3.98. The Balaban J connectivity index is 1.76. The second-order valence-corrected chi connectivity index (χ2v) is 8.85. The molecular weight excluding hydrogens is 419 g/mol. The molecule has 0 unspecified atom stereocenters. The SMILES string of the molecule is CCOSOc1cc(B2OC(C)(C)C(C)(C)O2)cnc1-n1ccc2nc(C)cn2c1=O. The van der Waals surface area contributed by atoms with E-state index in [2.05, 4.69) is 9.97 Å². The molecule has 31 heavy (non-hydrogen) atoms. The Morgan fingerprint density at radius 1 is 1.23 bits per heavy atom. The Morgan fingerprint density at radius 2 is 1.94 bits per heavy atom. The molecular formula is C20H25BN4O5S. The number of pyridine rings is 1. The highest BCUT2D eigenvalue weighted by Gasteiger charge is 2.52. The molecule has 3 aromatic rings. The van der Waals surface area contributed by atoms with Crippen molar-refractivity contribution in [3.8, 4) is 11.6 Å². The van der Waals surface area contributed by atoms with E-state index in [1.807, 2.05) is 41.5 Å². The Labute approximate surface area is 185 Å². The van der Waals surface area contributed by atoms with Gasteiger partial charge in [-0.25, -0.2) is 19.3 Å². The van der Waals surface area contributed by atoms with Crippen LogP contribution in [0.1, 0.15) is 40.3 Å². The monoisotopic (exact) mass is 444 g/mol. The summed E-state index contributed by atoms with van der Waals surface area (Å²) in [4.78, 5) is 21.9.